The second kappa shape index (κ2) is 9.89. The molecule has 0 aliphatic carbocycles. The van der Waals surface area contributed by atoms with E-state index in [0.29, 0.717) is 5.75 Å². The van der Waals surface area contributed by atoms with Crippen LogP contribution < -0.4 is 9.47 Å². The Labute approximate surface area is 177 Å². The summed E-state index contributed by atoms with van der Waals surface area (Å²) in [6, 6.07) is 13.8. The molecule has 0 amide bonds. The summed E-state index contributed by atoms with van der Waals surface area (Å²) in [4.78, 5) is 22.0. The van der Waals surface area contributed by atoms with Crippen LogP contribution in [0.15, 0.2) is 59.3 Å². The van der Waals surface area contributed by atoms with Crippen LogP contribution in [-0.2, 0) is 11.4 Å². The van der Waals surface area contributed by atoms with Crippen molar-refractivity contribution in [1.29, 1.82) is 0 Å². The molecule has 8 heteroatoms. The highest BCUT2D eigenvalue weighted by Gasteiger charge is 2.21. The van der Waals surface area contributed by atoms with E-state index in [1.54, 1.807) is 0 Å². The number of nitro groups is 1. The van der Waals surface area contributed by atoms with Gasteiger partial charge in [-0.05, 0) is 52.9 Å². The lowest BCUT2D eigenvalue weighted by atomic mass is 10.00. The quantitative estimate of drug-likeness (QED) is 0.337. The number of carboxylic acid groups (broad SMARTS) is 1. The van der Waals surface area contributed by atoms with E-state index in [-0.39, 0.29) is 30.9 Å². The molecule has 0 bridgehead atoms. The van der Waals surface area contributed by atoms with Gasteiger partial charge in [-0.25, -0.2) is 0 Å². The zero-order chi connectivity index (χ0) is 21.5. The molecular weight excluding hydrogens is 406 g/mol. The van der Waals surface area contributed by atoms with Gasteiger partial charge in [0.2, 0.25) is 5.75 Å². The number of thiophene rings is 1. The highest BCUT2D eigenvalue weighted by molar-refractivity contribution is 7.07. The third-order valence-corrected chi connectivity index (χ3v) is 5.27. The van der Waals surface area contributed by atoms with E-state index in [0.717, 1.165) is 16.7 Å². The fourth-order valence-electron chi connectivity index (χ4n) is 3.01. The van der Waals surface area contributed by atoms with Gasteiger partial charge in [0, 0.05) is 18.6 Å². The van der Waals surface area contributed by atoms with Crippen molar-refractivity contribution in [3.05, 3.63) is 86.1 Å². The minimum absolute atomic E-state index is 0.0620. The first kappa shape index (κ1) is 21.3. The summed E-state index contributed by atoms with van der Waals surface area (Å²) >= 11 is 1.52. The van der Waals surface area contributed by atoms with Crippen LogP contribution in [0, 0.1) is 17.0 Å². The van der Waals surface area contributed by atoms with Crippen molar-refractivity contribution in [3.63, 3.8) is 0 Å². The van der Waals surface area contributed by atoms with Crippen LogP contribution in [0.25, 0.3) is 0 Å². The van der Waals surface area contributed by atoms with Gasteiger partial charge in [0.1, 0.15) is 18.5 Å². The summed E-state index contributed by atoms with van der Waals surface area (Å²) in [5, 5.41) is 24.3. The second-order valence-corrected chi connectivity index (χ2v) is 7.48. The molecule has 1 aromatic heterocycles. The van der Waals surface area contributed by atoms with Crippen LogP contribution in [0.4, 0.5) is 5.69 Å². The van der Waals surface area contributed by atoms with E-state index in [4.69, 9.17) is 14.6 Å². The third kappa shape index (κ3) is 5.57. The Kier molecular flexibility index (Phi) is 7.03. The molecule has 3 aromatic rings. The monoisotopic (exact) mass is 427 g/mol. The van der Waals surface area contributed by atoms with Crippen molar-refractivity contribution in [2.75, 3.05) is 0 Å². The van der Waals surface area contributed by atoms with E-state index < -0.39 is 17.0 Å². The van der Waals surface area contributed by atoms with Crippen LogP contribution in [-0.4, -0.2) is 16.0 Å². The predicted molar refractivity (Wildman–Crippen MR) is 113 cm³/mol. The first-order chi connectivity index (χ1) is 14.4. The van der Waals surface area contributed by atoms with E-state index >= 15 is 0 Å². The van der Waals surface area contributed by atoms with Crippen molar-refractivity contribution < 1.29 is 24.3 Å². The molecule has 0 saturated heterocycles. The topological polar surface area (TPSA) is 98.9 Å². The first-order valence-electron chi connectivity index (χ1n) is 9.30. The number of aliphatic carboxylic acids is 1. The molecule has 0 fully saturated rings. The van der Waals surface area contributed by atoms with Gasteiger partial charge in [0.15, 0.2) is 0 Å². The predicted octanol–water partition coefficient (Wildman–Crippen LogP) is 5.53. The highest BCUT2D eigenvalue weighted by Crippen LogP contribution is 2.35. The zero-order valence-corrected chi connectivity index (χ0v) is 17.1. The molecule has 0 aliphatic rings. The van der Waals surface area contributed by atoms with Crippen molar-refractivity contribution in [2.45, 2.75) is 32.5 Å². The lowest BCUT2D eigenvalue weighted by Gasteiger charge is -2.21. The minimum Gasteiger partial charge on any atom is -0.486 e. The van der Waals surface area contributed by atoms with Crippen LogP contribution >= 0.6 is 11.3 Å². The van der Waals surface area contributed by atoms with Crippen LogP contribution in [0.5, 0.6) is 11.5 Å². The number of carbonyl (C=O) groups is 1. The van der Waals surface area contributed by atoms with Crippen molar-refractivity contribution in [1.82, 2.24) is 0 Å². The summed E-state index contributed by atoms with van der Waals surface area (Å²) in [7, 11) is 0. The summed E-state index contributed by atoms with van der Waals surface area (Å²) in [6.07, 6.45) is -0.302. The molecule has 0 aliphatic heterocycles. The molecule has 3 rings (SSSR count). The molecule has 1 N–H and O–H groups in total. The smallest absolute Gasteiger partial charge is 0.311 e. The number of aryl methyl sites for hydroxylation is 1. The Hall–Kier alpha value is -3.39. The lowest BCUT2D eigenvalue weighted by Crippen LogP contribution is -2.12. The fraction of sp³-hybridized carbons (Fsp3) is 0.227. The Morgan fingerprint density at radius 1 is 1.23 bits per heavy atom. The average Bonchev–Trinajstić information content (AvgIpc) is 3.23. The highest BCUT2D eigenvalue weighted by atomic mass is 32.1. The Balaban J connectivity index is 1.86. The van der Waals surface area contributed by atoms with Gasteiger partial charge >= 0.3 is 11.7 Å². The van der Waals surface area contributed by atoms with E-state index in [9.17, 15) is 14.9 Å². The zero-order valence-electron chi connectivity index (χ0n) is 16.3. The number of ether oxygens (including phenoxy) is 2. The second-order valence-electron chi connectivity index (χ2n) is 6.70. The average molecular weight is 427 g/mol. The normalized spacial score (nSPS) is 11.6. The lowest BCUT2D eigenvalue weighted by molar-refractivity contribution is -0.386. The number of carboxylic acids is 1. The molecular formula is C22H21NO6S. The van der Waals surface area contributed by atoms with Gasteiger partial charge in [-0.3, -0.25) is 14.9 Å². The molecule has 2 aromatic carbocycles. The molecule has 0 radical (unpaired) electrons. The van der Waals surface area contributed by atoms with Gasteiger partial charge < -0.3 is 14.6 Å². The molecule has 0 spiro atoms. The molecule has 30 heavy (non-hydrogen) atoms. The van der Waals surface area contributed by atoms with Crippen molar-refractivity contribution in [3.8, 4) is 11.5 Å². The van der Waals surface area contributed by atoms with Crippen molar-refractivity contribution >= 4 is 23.0 Å². The maximum absolute atomic E-state index is 11.4. The molecule has 7 nitrogen and oxygen atoms in total. The molecule has 0 saturated carbocycles. The van der Waals surface area contributed by atoms with Crippen LogP contribution in [0.2, 0.25) is 0 Å². The number of hydrogen-bond acceptors (Lipinski definition) is 6. The number of hydrogen-bond donors (Lipinski definition) is 1. The Morgan fingerprint density at radius 2 is 2.03 bits per heavy atom. The van der Waals surface area contributed by atoms with Gasteiger partial charge in [-0.15, -0.1) is 0 Å². The van der Waals surface area contributed by atoms with E-state index in [2.05, 4.69) is 0 Å². The van der Waals surface area contributed by atoms with Crippen molar-refractivity contribution in [2.24, 2.45) is 0 Å². The standard InChI is InChI=1S/C22H21NO6S/c1-15-4-2-3-5-18(15)20(8-9-22(24)25)29-17-6-7-19(23(26)27)21(12-17)28-13-16-10-11-30-14-16/h2-7,10-12,14,20H,8-9,13H2,1H3,(H,24,25). The van der Waals surface area contributed by atoms with Gasteiger partial charge in [-0.1, -0.05) is 24.3 Å². The first-order valence-corrected chi connectivity index (χ1v) is 10.2. The van der Waals surface area contributed by atoms with E-state index in [1.807, 2.05) is 48.0 Å². The molecule has 1 atom stereocenters. The number of nitrogens with zero attached hydrogens (tertiary/aromatic N) is 1. The van der Waals surface area contributed by atoms with Gasteiger partial charge in [0.25, 0.3) is 0 Å². The third-order valence-electron chi connectivity index (χ3n) is 4.54. The summed E-state index contributed by atoms with van der Waals surface area (Å²) < 4.78 is 11.8. The Morgan fingerprint density at radius 3 is 2.70 bits per heavy atom. The summed E-state index contributed by atoms with van der Waals surface area (Å²) in [5.74, 6) is -0.439. The largest absolute Gasteiger partial charge is 0.486 e. The van der Waals surface area contributed by atoms with Crippen LogP contribution in [0.1, 0.15) is 35.6 Å². The minimum atomic E-state index is -0.916. The number of benzene rings is 2. The number of nitro benzene ring substituents is 1. The van der Waals surface area contributed by atoms with E-state index in [1.165, 1.54) is 29.5 Å². The molecule has 1 unspecified atom stereocenters. The summed E-state index contributed by atoms with van der Waals surface area (Å²) in [6.45, 7) is 2.13. The van der Waals surface area contributed by atoms with Gasteiger partial charge in [0.05, 0.1) is 4.92 Å². The number of rotatable bonds is 10. The molecule has 156 valence electrons. The SMILES string of the molecule is Cc1ccccc1C(CCC(=O)O)Oc1ccc([N+](=O)[O-])c(OCc2ccsc2)c1. The maximum atomic E-state index is 11.4. The van der Waals surface area contributed by atoms with Gasteiger partial charge in [-0.2, -0.15) is 11.3 Å². The molecule has 1 heterocycles. The van der Waals surface area contributed by atoms with Crippen LogP contribution in [0.3, 0.4) is 0 Å². The summed E-state index contributed by atoms with van der Waals surface area (Å²) in [5.41, 5.74) is 2.61. The fourth-order valence-corrected chi connectivity index (χ4v) is 3.67. The maximum Gasteiger partial charge on any atom is 0.311 e. The Bertz CT molecular complexity index is 1020.